The Hall–Kier alpha value is -1.32. The van der Waals surface area contributed by atoms with Crippen molar-refractivity contribution in [2.24, 2.45) is 29.1 Å². The van der Waals surface area contributed by atoms with E-state index in [4.69, 9.17) is 14.0 Å². The molecule has 3 saturated carbocycles. The van der Waals surface area contributed by atoms with E-state index in [0.29, 0.717) is 36.4 Å². The monoisotopic (exact) mass is 437 g/mol. The summed E-state index contributed by atoms with van der Waals surface area (Å²) in [5.41, 5.74) is 0.0727. The van der Waals surface area contributed by atoms with Gasteiger partial charge in [0.05, 0.1) is 18.8 Å². The highest BCUT2D eigenvalue weighted by Gasteiger charge is 2.67. The van der Waals surface area contributed by atoms with Gasteiger partial charge in [0.15, 0.2) is 0 Å². The zero-order valence-electron chi connectivity index (χ0n) is 19.1. The number of ether oxygens (including phenoxy) is 1. The summed E-state index contributed by atoms with van der Waals surface area (Å²) in [7, 11) is 1.03. The molecule has 2 saturated heterocycles. The number of hydrogen-bond acceptors (Lipinski definition) is 6. The highest BCUT2D eigenvalue weighted by molar-refractivity contribution is 6.45. The fraction of sp³-hybridized carbons (Fsp3) is 0.909. The van der Waals surface area contributed by atoms with Crippen molar-refractivity contribution < 1.29 is 33.8 Å². The summed E-state index contributed by atoms with van der Waals surface area (Å²) in [5.74, 6) is 0.455. The van der Waals surface area contributed by atoms with Crippen LogP contribution in [0.1, 0.15) is 52.9 Å². The second-order valence-corrected chi connectivity index (χ2v) is 10.7. The van der Waals surface area contributed by atoms with Crippen LogP contribution < -0.4 is 0 Å². The van der Waals surface area contributed by atoms with Crippen LogP contribution in [0.3, 0.4) is 0 Å². The van der Waals surface area contributed by atoms with E-state index in [9.17, 15) is 19.8 Å². The molecule has 2 N–H and O–H groups in total. The lowest BCUT2D eigenvalue weighted by Gasteiger charge is -2.64. The Kier molecular flexibility index (Phi) is 6.07. The molecule has 1 unspecified atom stereocenters. The first-order chi connectivity index (χ1) is 14.6. The third-order valence-electron chi connectivity index (χ3n) is 8.95. The maximum absolute atomic E-state index is 12.4. The van der Waals surface area contributed by atoms with Crippen molar-refractivity contribution in [3.05, 3.63) is 0 Å². The zero-order valence-corrected chi connectivity index (χ0v) is 19.1. The summed E-state index contributed by atoms with van der Waals surface area (Å²) in [5, 5.41) is 19.0. The van der Waals surface area contributed by atoms with Crippen LogP contribution in [0.25, 0.3) is 0 Å². The van der Waals surface area contributed by atoms with Crippen molar-refractivity contribution >= 4 is 19.2 Å². The van der Waals surface area contributed by atoms with Crippen LogP contribution in [0.5, 0.6) is 0 Å². The number of carbonyl (C=O) groups excluding carboxylic acids is 1. The van der Waals surface area contributed by atoms with E-state index < -0.39 is 18.1 Å². The third kappa shape index (κ3) is 3.66. The normalized spacial score (nSPS) is 40.4. The Labute approximate surface area is 184 Å². The molecule has 3 aliphatic carbocycles. The molecule has 5 fully saturated rings. The molecule has 31 heavy (non-hydrogen) atoms. The average molecular weight is 437 g/mol. The molecule has 0 aromatic carbocycles. The molecular weight excluding hydrogens is 401 g/mol. The molecule has 174 valence electrons. The van der Waals surface area contributed by atoms with Gasteiger partial charge in [0.2, 0.25) is 0 Å². The molecule has 8 nitrogen and oxygen atoms in total. The van der Waals surface area contributed by atoms with Crippen molar-refractivity contribution in [3.8, 4) is 0 Å². The Balaban J connectivity index is 1.38. The summed E-state index contributed by atoms with van der Waals surface area (Å²) >= 11 is 0. The van der Waals surface area contributed by atoms with Crippen LogP contribution in [0.15, 0.2) is 0 Å². The van der Waals surface area contributed by atoms with Gasteiger partial charge in [0.25, 0.3) is 0 Å². The van der Waals surface area contributed by atoms with E-state index in [0.717, 1.165) is 12.8 Å². The van der Waals surface area contributed by atoms with E-state index in [1.807, 2.05) is 0 Å². The number of aliphatic hydroxyl groups excluding tert-OH is 1. The molecule has 7 atom stereocenters. The fourth-order valence-electron chi connectivity index (χ4n) is 7.07. The smallest absolute Gasteiger partial charge is 0.457 e. The van der Waals surface area contributed by atoms with E-state index in [-0.39, 0.29) is 43.8 Å². The van der Waals surface area contributed by atoms with Crippen LogP contribution in [-0.2, 0) is 18.8 Å². The lowest BCUT2D eigenvalue weighted by molar-refractivity contribution is -0.199. The van der Waals surface area contributed by atoms with Gasteiger partial charge in [-0.15, -0.1) is 0 Å². The Bertz CT molecular complexity index is 718. The quantitative estimate of drug-likeness (QED) is 0.466. The van der Waals surface area contributed by atoms with E-state index >= 15 is 0 Å². The number of nitrogens with zero attached hydrogens (tertiary/aromatic N) is 1. The first-order valence-electron chi connectivity index (χ1n) is 11.6. The zero-order chi connectivity index (χ0) is 22.6. The van der Waals surface area contributed by atoms with Gasteiger partial charge in [-0.1, -0.05) is 20.3 Å². The minimum atomic E-state index is -1.12. The van der Waals surface area contributed by atoms with Crippen molar-refractivity contribution in [1.82, 2.24) is 4.90 Å². The Morgan fingerprint density at radius 3 is 2.58 bits per heavy atom. The molecule has 0 aromatic rings. The number of amides is 1. The lowest BCUT2D eigenvalue weighted by Crippen LogP contribution is -2.65. The standard InChI is InChI=1S/C22H36BNO7/c1-21(2)14-10-16(21)22(3)17(11-14)30-23(31-22)8-5-6-15-13(7-9-25)12-24(20(27)28)18(15)19(26)29-4/h13-18,25H,5-12H2,1-4H3,(H,27,28)/t13?,14-,15+,16-,17+,18+,22-/m0/s1. The summed E-state index contributed by atoms with van der Waals surface area (Å²) in [6.45, 7) is 7.09. The Morgan fingerprint density at radius 1 is 1.23 bits per heavy atom. The summed E-state index contributed by atoms with van der Waals surface area (Å²) in [4.78, 5) is 25.2. The van der Waals surface area contributed by atoms with Gasteiger partial charge in [-0.3, -0.25) is 4.90 Å². The van der Waals surface area contributed by atoms with Gasteiger partial charge in [-0.05, 0) is 68.0 Å². The number of likely N-dealkylation sites (tertiary alicyclic amines) is 1. The topological polar surface area (TPSA) is 106 Å². The third-order valence-corrected chi connectivity index (χ3v) is 8.95. The number of esters is 1. The largest absolute Gasteiger partial charge is 0.467 e. The first-order valence-corrected chi connectivity index (χ1v) is 11.6. The second-order valence-electron chi connectivity index (χ2n) is 10.7. The fourth-order valence-corrected chi connectivity index (χ4v) is 7.07. The van der Waals surface area contributed by atoms with Crippen molar-refractivity contribution in [3.63, 3.8) is 0 Å². The summed E-state index contributed by atoms with van der Waals surface area (Å²) < 4.78 is 17.7. The van der Waals surface area contributed by atoms with Crippen molar-refractivity contribution in [2.45, 2.75) is 76.9 Å². The molecular formula is C22H36BNO7. The molecule has 2 bridgehead atoms. The molecule has 9 heteroatoms. The van der Waals surface area contributed by atoms with Gasteiger partial charge in [0.1, 0.15) is 6.04 Å². The molecule has 0 spiro atoms. The highest BCUT2D eigenvalue weighted by Crippen LogP contribution is 2.65. The number of aliphatic hydroxyl groups is 1. The molecule has 0 aromatic heterocycles. The maximum Gasteiger partial charge on any atom is 0.457 e. The van der Waals surface area contributed by atoms with Crippen molar-refractivity contribution in [1.29, 1.82) is 0 Å². The SMILES string of the molecule is COC(=O)[C@H]1[C@H](CCCB2O[C@@H]3C[C@@H]4C[C@@H](C4(C)C)[C@]3(C)O2)C(CCO)CN1C(=O)O. The molecule has 5 rings (SSSR count). The summed E-state index contributed by atoms with van der Waals surface area (Å²) in [6.07, 6.45) is 3.90. The molecule has 5 aliphatic rings. The highest BCUT2D eigenvalue weighted by atomic mass is 16.7. The van der Waals surface area contributed by atoms with Crippen molar-refractivity contribution in [2.75, 3.05) is 20.3 Å². The maximum atomic E-state index is 12.4. The van der Waals surface area contributed by atoms with Gasteiger partial charge in [-0.2, -0.15) is 0 Å². The van der Waals surface area contributed by atoms with Crippen LogP contribution in [0, 0.1) is 29.1 Å². The van der Waals surface area contributed by atoms with Crippen LogP contribution in [-0.4, -0.2) is 72.3 Å². The second kappa shape index (κ2) is 8.23. The average Bonchev–Trinajstić information content (AvgIpc) is 3.24. The number of methoxy groups -OCH3 is 1. The summed E-state index contributed by atoms with van der Waals surface area (Å²) in [6, 6.07) is -0.822. The first kappa shape index (κ1) is 22.9. The van der Waals surface area contributed by atoms with Crippen LogP contribution in [0.2, 0.25) is 6.32 Å². The van der Waals surface area contributed by atoms with Crippen LogP contribution in [0.4, 0.5) is 4.79 Å². The van der Waals surface area contributed by atoms with Gasteiger partial charge < -0.3 is 24.3 Å². The van der Waals surface area contributed by atoms with Gasteiger partial charge in [-0.25, -0.2) is 9.59 Å². The van der Waals surface area contributed by atoms with Gasteiger partial charge >= 0.3 is 19.2 Å². The number of carbonyl (C=O) groups is 2. The minimum absolute atomic E-state index is 0.0320. The number of rotatable bonds is 7. The number of carboxylic acid groups (broad SMARTS) is 1. The molecule has 0 radical (unpaired) electrons. The molecule has 2 aliphatic heterocycles. The molecule has 1 amide bonds. The Morgan fingerprint density at radius 2 is 1.97 bits per heavy atom. The van der Waals surface area contributed by atoms with Gasteiger partial charge in [0, 0.05) is 13.2 Å². The lowest BCUT2D eigenvalue weighted by atomic mass is 9.43. The molecule has 2 heterocycles. The minimum Gasteiger partial charge on any atom is -0.467 e. The number of hydrogen-bond donors (Lipinski definition) is 2. The van der Waals surface area contributed by atoms with E-state index in [1.54, 1.807) is 0 Å². The van der Waals surface area contributed by atoms with E-state index in [2.05, 4.69) is 20.8 Å². The van der Waals surface area contributed by atoms with E-state index in [1.165, 1.54) is 18.4 Å². The predicted molar refractivity (Wildman–Crippen MR) is 113 cm³/mol. The predicted octanol–water partition coefficient (Wildman–Crippen LogP) is 2.64. The van der Waals surface area contributed by atoms with Crippen LogP contribution >= 0.6 is 0 Å².